The van der Waals surface area contributed by atoms with E-state index in [1.807, 2.05) is 54.6 Å². The van der Waals surface area contributed by atoms with Crippen molar-refractivity contribution in [2.75, 3.05) is 19.6 Å². The van der Waals surface area contributed by atoms with Crippen molar-refractivity contribution in [2.45, 2.75) is 38.8 Å². The summed E-state index contributed by atoms with van der Waals surface area (Å²) >= 11 is 0. The van der Waals surface area contributed by atoms with E-state index < -0.39 is 11.7 Å². The lowest BCUT2D eigenvalue weighted by Crippen LogP contribution is -2.36. The molecule has 0 aliphatic carbocycles. The number of halogens is 3. The molecule has 1 radical (unpaired) electrons. The third kappa shape index (κ3) is 5.42. The summed E-state index contributed by atoms with van der Waals surface area (Å²) in [4.78, 5) is 2.39. The zero-order valence-corrected chi connectivity index (χ0v) is 18.6. The van der Waals surface area contributed by atoms with Crippen molar-refractivity contribution < 1.29 is 13.2 Å². The second kappa shape index (κ2) is 9.50. The van der Waals surface area contributed by atoms with E-state index in [2.05, 4.69) is 24.8 Å². The molecule has 1 nitrogen and oxygen atoms in total. The van der Waals surface area contributed by atoms with E-state index in [0.717, 1.165) is 54.7 Å². The Labute approximate surface area is 188 Å². The Morgan fingerprint density at radius 3 is 2.16 bits per heavy atom. The molecule has 4 rings (SSSR count). The lowest BCUT2D eigenvalue weighted by atomic mass is 9.87. The molecule has 3 aromatic rings. The average molecular weight is 437 g/mol. The van der Waals surface area contributed by atoms with Gasteiger partial charge < -0.3 is 4.90 Å². The van der Waals surface area contributed by atoms with Crippen LogP contribution in [0.1, 0.15) is 43.7 Å². The van der Waals surface area contributed by atoms with Gasteiger partial charge in [-0.3, -0.25) is 0 Å². The van der Waals surface area contributed by atoms with Gasteiger partial charge in [0.2, 0.25) is 0 Å². The zero-order chi connectivity index (χ0) is 22.7. The van der Waals surface area contributed by atoms with Crippen molar-refractivity contribution in [2.24, 2.45) is 5.92 Å². The highest BCUT2D eigenvalue weighted by Gasteiger charge is 2.32. The molecule has 32 heavy (non-hydrogen) atoms. The van der Waals surface area contributed by atoms with Gasteiger partial charge in [0.1, 0.15) is 0 Å². The summed E-state index contributed by atoms with van der Waals surface area (Å²) in [6.45, 7) is 7.20. The van der Waals surface area contributed by atoms with E-state index in [4.69, 9.17) is 0 Å². The summed E-state index contributed by atoms with van der Waals surface area (Å²) in [6, 6.07) is 23.0. The first-order chi connectivity index (χ1) is 15.3. The average Bonchev–Trinajstić information content (AvgIpc) is 2.79. The van der Waals surface area contributed by atoms with Crippen molar-refractivity contribution in [3.05, 3.63) is 83.9 Å². The van der Waals surface area contributed by atoms with Gasteiger partial charge in [0.05, 0.1) is 5.56 Å². The highest BCUT2D eigenvalue weighted by atomic mass is 19.4. The van der Waals surface area contributed by atoms with Crippen molar-refractivity contribution >= 4 is 0 Å². The second-order valence-corrected chi connectivity index (χ2v) is 9.20. The van der Waals surface area contributed by atoms with Crippen LogP contribution < -0.4 is 0 Å². The van der Waals surface area contributed by atoms with Gasteiger partial charge in [-0.05, 0) is 77.2 Å². The van der Waals surface area contributed by atoms with E-state index in [9.17, 15) is 13.2 Å². The van der Waals surface area contributed by atoms with Gasteiger partial charge >= 0.3 is 6.18 Å². The van der Waals surface area contributed by atoms with E-state index in [1.165, 1.54) is 12.1 Å². The highest BCUT2D eigenvalue weighted by molar-refractivity contribution is 5.71. The predicted molar refractivity (Wildman–Crippen MR) is 124 cm³/mol. The van der Waals surface area contributed by atoms with Gasteiger partial charge in [-0.1, -0.05) is 68.4 Å². The van der Waals surface area contributed by atoms with Gasteiger partial charge in [-0.15, -0.1) is 0 Å². The number of likely N-dealkylation sites (tertiary alicyclic amines) is 1. The maximum atomic E-state index is 13.8. The van der Waals surface area contributed by atoms with Crippen LogP contribution in [0.25, 0.3) is 22.3 Å². The van der Waals surface area contributed by atoms with Crippen LogP contribution >= 0.6 is 0 Å². The van der Waals surface area contributed by atoms with Gasteiger partial charge in [0.15, 0.2) is 0 Å². The molecule has 0 saturated carbocycles. The molecule has 1 heterocycles. The molecule has 1 saturated heterocycles. The molecule has 3 aromatic carbocycles. The minimum Gasteiger partial charge on any atom is -0.302 e. The molecule has 1 unspecified atom stereocenters. The monoisotopic (exact) mass is 436 g/mol. The van der Waals surface area contributed by atoms with Crippen LogP contribution in [0.4, 0.5) is 13.2 Å². The van der Waals surface area contributed by atoms with Crippen LogP contribution in [-0.2, 0) is 6.18 Å². The third-order valence-corrected chi connectivity index (χ3v) is 6.15. The molecular formula is C28H29F3N. The quantitative estimate of drug-likeness (QED) is 0.396. The molecule has 1 atom stereocenters. The van der Waals surface area contributed by atoms with E-state index in [0.29, 0.717) is 11.5 Å². The topological polar surface area (TPSA) is 3.24 Å². The molecule has 0 bridgehead atoms. The van der Waals surface area contributed by atoms with Crippen LogP contribution in [-0.4, -0.2) is 24.5 Å². The maximum absolute atomic E-state index is 13.8. The fraction of sp³-hybridized carbons (Fsp3) is 0.357. The normalized spacial score (nSPS) is 17.6. The molecule has 167 valence electrons. The Morgan fingerprint density at radius 2 is 1.53 bits per heavy atom. The zero-order valence-electron chi connectivity index (χ0n) is 18.6. The maximum Gasteiger partial charge on any atom is 0.416 e. The molecular weight excluding hydrogens is 407 g/mol. The van der Waals surface area contributed by atoms with E-state index in [-0.39, 0.29) is 5.92 Å². The SMILES string of the molecule is CC(C)CN1CCCC(c2cc(-c3ccc(-c4cc[c]cc4)cc3)cc(C(F)(F)F)c2)C1. The van der Waals surface area contributed by atoms with Crippen molar-refractivity contribution in [1.82, 2.24) is 4.90 Å². The van der Waals surface area contributed by atoms with Gasteiger partial charge in [0, 0.05) is 13.1 Å². The Hall–Kier alpha value is -2.59. The van der Waals surface area contributed by atoms with Gasteiger partial charge in [0.25, 0.3) is 0 Å². The molecule has 0 amide bonds. The highest BCUT2D eigenvalue weighted by Crippen LogP contribution is 2.37. The second-order valence-electron chi connectivity index (χ2n) is 9.20. The number of hydrogen-bond acceptors (Lipinski definition) is 1. The molecule has 4 heteroatoms. The number of rotatable bonds is 5. The number of alkyl halides is 3. The Bertz CT molecular complexity index is 1020. The van der Waals surface area contributed by atoms with Crippen molar-refractivity contribution in [1.29, 1.82) is 0 Å². The fourth-order valence-electron chi connectivity index (χ4n) is 4.66. The van der Waals surface area contributed by atoms with Crippen LogP contribution in [0.2, 0.25) is 0 Å². The molecule has 1 aliphatic heterocycles. The summed E-state index contributed by atoms with van der Waals surface area (Å²) in [5.74, 6) is 0.676. The van der Waals surface area contributed by atoms with Crippen LogP contribution in [0, 0.1) is 12.0 Å². The van der Waals surface area contributed by atoms with Gasteiger partial charge in [-0.25, -0.2) is 0 Å². The summed E-state index contributed by atoms with van der Waals surface area (Å²) < 4.78 is 41.3. The first-order valence-electron chi connectivity index (χ1n) is 11.3. The Kier molecular flexibility index (Phi) is 6.71. The summed E-state index contributed by atoms with van der Waals surface area (Å²) in [7, 11) is 0. The third-order valence-electron chi connectivity index (χ3n) is 6.15. The Morgan fingerprint density at radius 1 is 0.906 bits per heavy atom. The lowest BCUT2D eigenvalue weighted by molar-refractivity contribution is -0.137. The van der Waals surface area contributed by atoms with Crippen LogP contribution in [0.3, 0.4) is 0 Å². The van der Waals surface area contributed by atoms with Crippen molar-refractivity contribution in [3.63, 3.8) is 0 Å². The van der Waals surface area contributed by atoms with Crippen LogP contribution in [0.15, 0.2) is 66.7 Å². The minimum atomic E-state index is -4.36. The molecule has 0 aromatic heterocycles. The fourth-order valence-corrected chi connectivity index (χ4v) is 4.66. The molecule has 1 fully saturated rings. The predicted octanol–water partition coefficient (Wildman–Crippen LogP) is 7.67. The first kappa shape index (κ1) is 22.6. The standard InChI is InChI=1S/C28H29F3N/c1-20(2)18-32-14-6-9-24(19-32)26-15-25(16-27(17-26)28(29,30)31)23-12-10-22(11-13-23)21-7-4-3-5-8-21/h4-5,7-8,10-13,15-17,20,24H,6,9,14,18-19H2,1-2H3. The van der Waals surface area contributed by atoms with Crippen molar-refractivity contribution in [3.8, 4) is 22.3 Å². The molecule has 0 N–H and O–H groups in total. The molecule has 0 spiro atoms. The Balaban J connectivity index is 1.66. The number of nitrogens with zero attached hydrogens (tertiary/aromatic N) is 1. The number of hydrogen-bond donors (Lipinski definition) is 0. The summed E-state index contributed by atoms with van der Waals surface area (Å²) in [6.07, 6.45) is -2.41. The van der Waals surface area contributed by atoms with E-state index in [1.54, 1.807) is 0 Å². The van der Waals surface area contributed by atoms with E-state index >= 15 is 0 Å². The van der Waals surface area contributed by atoms with Crippen LogP contribution in [0.5, 0.6) is 0 Å². The summed E-state index contributed by atoms with van der Waals surface area (Å²) in [5, 5.41) is 0. The number of benzene rings is 3. The number of piperidine rings is 1. The molecule has 1 aliphatic rings. The largest absolute Gasteiger partial charge is 0.416 e. The smallest absolute Gasteiger partial charge is 0.302 e. The minimum absolute atomic E-state index is 0.128. The van der Waals surface area contributed by atoms with Gasteiger partial charge in [-0.2, -0.15) is 13.2 Å². The summed E-state index contributed by atoms with van der Waals surface area (Å²) in [5.41, 5.74) is 3.76. The first-order valence-corrected chi connectivity index (χ1v) is 11.3. The lowest BCUT2D eigenvalue weighted by Gasteiger charge is -2.34.